The van der Waals surface area contributed by atoms with E-state index in [2.05, 4.69) is 24.4 Å². The van der Waals surface area contributed by atoms with E-state index < -0.39 is 0 Å². The number of hydrogen-bond donors (Lipinski definition) is 1. The molecule has 1 nitrogen and oxygen atoms in total. The van der Waals surface area contributed by atoms with Crippen molar-refractivity contribution in [2.45, 2.75) is 18.8 Å². The summed E-state index contributed by atoms with van der Waals surface area (Å²) in [7, 11) is 2.00. The molecule has 1 fully saturated rings. The van der Waals surface area contributed by atoms with Gasteiger partial charge in [-0.1, -0.05) is 36.7 Å². The van der Waals surface area contributed by atoms with E-state index in [4.69, 9.17) is 11.6 Å². The van der Waals surface area contributed by atoms with Gasteiger partial charge in [0.1, 0.15) is 0 Å². The number of halogens is 1. The van der Waals surface area contributed by atoms with Crippen molar-refractivity contribution in [3.05, 3.63) is 34.9 Å². The molecule has 0 radical (unpaired) electrons. The summed E-state index contributed by atoms with van der Waals surface area (Å²) < 4.78 is 0. The highest BCUT2D eigenvalue weighted by Gasteiger charge is 2.52. The van der Waals surface area contributed by atoms with Gasteiger partial charge in [-0.05, 0) is 31.0 Å². The highest BCUT2D eigenvalue weighted by molar-refractivity contribution is 6.31. The number of benzene rings is 1. The fourth-order valence-electron chi connectivity index (χ4n) is 2.38. The van der Waals surface area contributed by atoms with Crippen LogP contribution in [0, 0.1) is 5.92 Å². The summed E-state index contributed by atoms with van der Waals surface area (Å²) in [6, 6.07) is 8.21. The quantitative estimate of drug-likeness (QED) is 0.808. The van der Waals surface area contributed by atoms with Gasteiger partial charge in [0.25, 0.3) is 0 Å². The number of likely N-dealkylation sites (N-methyl/N-ethyl adjacent to an activating group) is 1. The molecule has 1 aliphatic rings. The largest absolute Gasteiger partial charge is 0.319 e. The Bertz CT molecular complexity index is 337. The molecule has 1 saturated carbocycles. The van der Waals surface area contributed by atoms with E-state index in [0.717, 1.165) is 17.5 Å². The zero-order chi connectivity index (χ0) is 10.2. The first-order valence-electron chi connectivity index (χ1n) is 5.10. The molecule has 0 spiro atoms. The Morgan fingerprint density at radius 3 is 2.64 bits per heavy atom. The van der Waals surface area contributed by atoms with Crippen molar-refractivity contribution in [2.75, 3.05) is 13.6 Å². The third-order valence-corrected chi connectivity index (χ3v) is 3.69. The maximum absolute atomic E-state index is 6.22. The Labute approximate surface area is 90.5 Å². The fraction of sp³-hybridized carbons (Fsp3) is 0.500. The number of rotatable bonds is 3. The predicted octanol–water partition coefficient (Wildman–Crippen LogP) is 2.84. The molecular weight excluding hydrogens is 194 g/mol. The lowest BCUT2D eigenvalue weighted by Gasteiger charge is -2.18. The van der Waals surface area contributed by atoms with Gasteiger partial charge in [-0.2, -0.15) is 0 Å². The van der Waals surface area contributed by atoms with Crippen LogP contribution in [0.25, 0.3) is 0 Å². The number of nitrogens with one attached hydrogen (secondary N) is 1. The third kappa shape index (κ3) is 1.45. The molecular formula is C12H16ClN. The van der Waals surface area contributed by atoms with Crippen LogP contribution >= 0.6 is 11.6 Å². The fourth-order valence-corrected chi connectivity index (χ4v) is 2.71. The van der Waals surface area contributed by atoms with Crippen LogP contribution in [0.1, 0.15) is 18.9 Å². The molecule has 0 aliphatic heterocycles. The van der Waals surface area contributed by atoms with Gasteiger partial charge in [0, 0.05) is 17.0 Å². The minimum atomic E-state index is 0.299. The van der Waals surface area contributed by atoms with E-state index in [1.165, 1.54) is 12.0 Å². The van der Waals surface area contributed by atoms with Gasteiger partial charge in [0.2, 0.25) is 0 Å². The van der Waals surface area contributed by atoms with Crippen molar-refractivity contribution in [1.82, 2.24) is 5.32 Å². The minimum absolute atomic E-state index is 0.299. The Morgan fingerprint density at radius 1 is 1.50 bits per heavy atom. The van der Waals surface area contributed by atoms with Crippen LogP contribution in [0.15, 0.2) is 24.3 Å². The second-order valence-electron chi connectivity index (χ2n) is 4.27. The van der Waals surface area contributed by atoms with E-state index in [1.807, 2.05) is 19.2 Å². The Kier molecular flexibility index (Phi) is 2.54. The molecule has 2 unspecified atom stereocenters. The highest BCUT2D eigenvalue weighted by Crippen LogP contribution is 2.55. The molecule has 14 heavy (non-hydrogen) atoms. The third-order valence-electron chi connectivity index (χ3n) is 3.36. The molecule has 2 heteroatoms. The molecule has 0 saturated heterocycles. The summed E-state index contributed by atoms with van der Waals surface area (Å²) in [6.07, 6.45) is 1.25. The van der Waals surface area contributed by atoms with E-state index in [1.54, 1.807) is 0 Å². The summed E-state index contributed by atoms with van der Waals surface area (Å²) in [5.41, 5.74) is 1.61. The van der Waals surface area contributed by atoms with Crippen LogP contribution in [-0.2, 0) is 5.41 Å². The van der Waals surface area contributed by atoms with Gasteiger partial charge in [-0.3, -0.25) is 0 Å². The Balaban J connectivity index is 2.34. The molecule has 1 aromatic rings. The highest BCUT2D eigenvalue weighted by atomic mass is 35.5. The van der Waals surface area contributed by atoms with Crippen molar-refractivity contribution in [3.8, 4) is 0 Å². The van der Waals surface area contributed by atoms with Crippen LogP contribution in [0.4, 0.5) is 0 Å². The zero-order valence-electron chi connectivity index (χ0n) is 8.68. The van der Waals surface area contributed by atoms with Crippen molar-refractivity contribution < 1.29 is 0 Å². The van der Waals surface area contributed by atoms with Crippen LogP contribution in [0.2, 0.25) is 5.02 Å². The van der Waals surface area contributed by atoms with Gasteiger partial charge in [-0.25, -0.2) is 0 Å². The van der Waals surface area contributed by atoms with Crippen LogP contribution < -0.4 is 5.32 Å². The Hall–Kier alpha value is -0.530. The summed E-state index contributed by atoms with van der Waals surface area (Å²) in [5, 5.41) is 4.18. The van der Waals surface area contributed by atoms with E-state index in [0.29, 0.717) is 5.41 Å². The number of hydrogen-bond acceptors (Lipinski definition) is 1. The van der Waals surface area contributed by atoms with Gasteiger partial charge >= 0.3 is 0 Å². The van der Waals surface area contributed by atoms with Gasteiger partial charge in [-0.15, -0.1) is 0 Å². The van der Waals surface area contributed by atoms with Crippen LogP contribution in [0.5, 0.6) is 0 Å². The van der Waals surface area contributed by atoms with Crippen molar-refractivity contribution in [3.63, 3.8) is 0 Å². The molecule has 0 heterocycles. The first kappa shape index (κ1) is 10.0. The van der Waals surface area contributed by atoms with Crippen molar-refractivity contribution in [1.29, 1.82) is 0 Å². The molecule has 0 amide bonds. The zero-order valence-corrected chi connectivity index (χ0v) is 9.43. The molecule has 1 N–H and O–H groups in total. The normalized spacial score (nSPS) is 30.4. The van der Waals surface area contributed by atoms with Crippen LogP contribution in [0.3, 0.4) is 0 Å². The molecule has 1 aliphatic carbocycles. The predicted molar refractivity (Wildman–Crippen MR) is 60.8 cm³/mol. The summed E-state index contributed by atoms with van der Waals surface area (Å²) in [4.78, 5) is 0. The minimum Gasteiger partial charge on any atom is -0.319 e. The molecule has 1 aromatic carbocycles. The standard InChI is InChI=1S/C12H16ClN/c1-9-7-12(9,8-14-2)10-5-3-4-6-11(10)13/h3-6,9,14H,7-8H2,1-2H3. The topological polar surface area (TPSA) is 12.0 Å². The maximum Gasteiger partial charge on any atom is 0.0444 e. The first-order chi connectivity index (χ1) is 6.70. The van der Waals surface area contributed by atoms with E-state index >= 15 is 0 Å². The van der Waals surface area contributed by atoms with Gasteiger partial charge < -0.3 is 5.32 Å². The lowest BCUT2D eigenvalue weighted by molar-refractivity contribution is 0.581. The van der Waals surface area contributed by atoms with Crippen molar-refractivity contribution >= 4 is 11.6 Å². The maximum atomic E-state index is 6.22. The lowest BCUT2D eigenvalue weighted by atomic mass is 9.93. The Morgan fingerprint density at radius 2 is 2.14 bits per heavy atom. The lowest BCUT2D eigenvalue weighted by Crippen LogP contribution is -2.25. The van der Waals surface area contributed by atoms with Crippen LogP contribution in [-0.4, -0.2) is 13.6 Å². The van der Waals surface area contributed by atoms with E-state index in [-0.39, 0.29) is 0 Å². The molecule has 76 valence electrons. The van der Waals surface area contributed by atoms with E-state index in [9.17, 15) is 0 Å². The van der Waals surface area contributed by atoms with Gasteiger partial charge in [0.15, 0.2) is 0 Å². The average molecular weight is 210 g/mol. The van der Waals surface area contributed by atoms with Crippen molar-refractivity contribution in [2.24, 2.45) is 5.92 Å². The summed E-state index contributed by atoms with van der Waals surface area (Å²) >= 11 is 6.22. The average Bonchev–Trinajstić information content (AvgIpc) is 2.79. The summed E-state index contributed by atoms with van der Waals surface area (Å²) in [5.74, 6) is 0.745. The molecule has 2 atom stereocenters. The summed E-state index contributed by atoms with van der Waals surface area (Å²) in [6.45, 7) is 3.32. The second kappa shape index (κ2) is 3.56. The first-order valence-corrected chi connectivity index (χ1v) is 5.48. The SMILES string of the molecule is CNCC1(c2ccccc2Cl)CC1C. The molecule has 0 aromatic heterocycles. The van der Waals surface area contributed by atoms with Gasteiger partial charge in [0.05, 0.1) is 0 Å². The molecule has 2 rings (SSSR count). The smallest absolute Gasteiger partial charge is 0.0444 e. The monoisotopic (exact) mass is 209 g/mol. The molecule has 0 bridgehead atoms. The second-order valence-corrected chi connectivity index (χ2v) is 4.68.